The van der Waals surface area contributed by atoms with E-state index in [4.69, 9.17) is 9.15 Å². The number of rotatable bonds is 3. The van der Waals surface area contributed by atoms with Gasteiger partial charge in [-0.15, -0.1) is 0 Å². The molecule has 2 atom stereocenters. The lowest BCUT2D eigenvalue weighted by Gasteiger charge is -2.32. The van der Waals surface area contributed by atoms with Crippen LogP contribution < -0.4 is 10.1 Å². The van der Waals surface area contributed by atoms with E-state index in [0.29, 0.717) is 30.2 Å². The van der Waals surface area contributed by atoms with Crippen LogP contribution in [0.5, 0.6) is 5.75 Å². The van der Waals surface area contributed by atoms with Gasteiger partial charge in [-0.05, 0) is 38.0 Å². The molecule has 142 valence electrons. The third-order valence-electron chi connectivity index (χ3n) is 5.64. The molecule has 2 amide bonds. The monoisotopic (exact) mass is 368 g/mol. The number of fused-ring (bicyclic) bond motifs is 1. The number of benzene rings is 1. The van der Waals surface area contributed by atoms with Gasteiger partial charge in [0.05, 0.1) is 11.8 Å². The van der Waals surface area contributed by atoms with Crippen molar-refractivity contribution in [2.24, 2.45) is 0 Å². The summed E-state index contributed by atoms with van der Waals surface area (Å²) in [5.74, 6) is 1.15. The summed E-state index contributed by atoms with van der Waals surface area (Å²) in [7, 11) is 0. The van der Waals surface area contributed by atoms with E-state index in [2.05, 4.69) is 12.2 Å². The van der Waals surface area contributed by atoms with Crippen molar-refractivity contribution in [2.45, 2.75) is 44.8 Å². The molecule has 6 nitrogen and oxygen atoms in total. The van der Waals surface area contributed by atoms with Crippen LogP contribution in [0.25, 0.3) is 0 Å². The first-order chi connectivity index (χ1) is 13.0. The normalized spacial score (nSPS) is 22.2. The Labute approximate surface area is 158 Å². The first-order valence-corrected chi connectivity index (χ1v) is 9.48. The zero-order valence-corrected chi connectivity index (χ0v) is 15.6. The van der Waals surface area contributed by atoms with E-state index >= 15 is 0 Å². The molecular formula is C21H24N2O4. The number of furan rings is 1. The summed E-state index contributed by atoms with van der Waals surface area (Å²) < 4.78 is 11.1. The third-order valence-corrected chi connectivity index (χ3v) is 5.64. The highest BCUT2D eigenvalue weighted by atomic mass is 16.5. The van der Waals surface area contributed by atoms with Crippen molar-refractivity contribution in [2.75, 3.05) is 13.1 Å². The van der Waals surface area contributed by atoms with Crippen molar-refractivity contribution in [1.29, 1.82) is 0 Å². The molecule has 3 heterocycles. The molecule has 2 aliphatic heterocycles. The van der Waals surface area contributed by atoms with Gasteiger partial charge < -0.3 is 19.4 Å². The molecule has 6 heteroatoms. The molecule has 0 radical (unpaired) electrons. The van der Waals surface area contributed by atoms with Gasteiger partial charge in [-0.1, -0.05) is 19.1 Å². The summed E-state index contributed by atoms with van der Waals surface area (Å²) >= 11 is 0. The van der Waals surface area contributed by atoms with E-state index in [-0.39, 0.29) is 29.9 Å². The molecular weight excluding hydrogens is 344 g/mol. The van der Waals surface area contributed by atoms with Crippen molar-refractivity contribution in [3.8, 4) is 5.75 Å². The van der Waals surface area contributed by atoms with Crippen molar-refractivity contribution >= 4 is 11.8 Å². The standard InChI is InChI=1S/C21H24N2O4/c1-13-14(2)27-19-16(13)5-3-6-17(19)20(24)22-15-8-10-23(11-9-15)21(25)18-7-4-12-26-18/h3-7,12-15H,8-11H2,1-2H3,(H,22,24)/t13-,14+/m0/s1. The molecule has 1 aromatic heterocycles. The minimum Gasteiger partial charge on any atom is -0.489 e. The zero-order valence-electron chi connectivity index (χ0n) is 15.6. The minimum atomic E-state index is -0.107. The maximum atomic E-state index is 12.8. The summed E-state index contributed by atoms with van der Waals surface area (Å²) in [6, 6.07) is 9.19. The van der Waals surface area contributed by atoms with Crippen LogP contribution in [0.2, 0.25) is 0 Å². The van der Waals surface area contributed by atoms with Crippen LogP contribution >= 0.6 is 0 Å². The van der Waals surface area contributed by atoms with E-state index in [0.717, 1.165) is 18.4 Å². The maximum absolute atomic E-state index is 12.8. The number of piperidine rings is 1. The highest BCUT2D eigenvalue weighted by molar-refractivity contribution is 5.98. The van der Waals surface area contributed by atoms with E-state index < -0.39 is 0 Å². The highest BCUT2D eigenvalue weighted by Gasteiger charge is 2.32. The fourth-order valence-corrected chi connectivity index (χ4v) is 3.81. The second-order valence-corrected chi connectivity index (χ2v) is 7.35. The number of hydrogen-bond donors (Lipinski definition) is 1. The Balaban J connectivity index is 1.38. The van der Waals surface area contributed by atoms with Crippen LogP contribution in [0.15, 0.2) is 41.0 Å². The van der Waals surface area contributed by atoms with Gasteiger partial charge in [0, 0.05) is 30.6 Å². The summed E-state index contributed by atoms with van der Waals surface area (Å²) in [6.45, 7) is 5.34. The molecule has 0 aliphatic carbocycles. The maximum Gasteiger partial charge on any atom is 0.289 e. The first kappa shape index (κ1) is 17.6. The molecule has 0 unspecified atom stereocenters. The topological polar surface area (TPSA) is 71.8 Å². The fourth-order valence-electron chi connectivity index (χ4n) is 3.81. The summed E-state index contributed by atoms with van der Waals surface area (Å²) in [4.78, 5) is 26.9. The van der Waals surface area contributed by atoms with E-state index in [1.807, 2.05) is 25.1 Å². The van der Waals surface area contributed by atoms with E-state index in [1.54, 1.807) is 17.0 Å². The van der Waals surface area contributed by atoms with Gasteiger partial charge in [-0.25, -0.2) is 0 Å². The molecule has 1 fully saturated rings. The minimum absolute atomic E-state index is 0.0465. The fraction of sp³-hybridized carbons (Fsp3) is 0.429. The molecule has 2 aliphatic rings. The lowest BCUT2D eigenvalue weighted by Crippen LogP contribution is -2.46. The number of ether oxygens (including phenoxy) is 1. The Hall–Kier alpha value is -2.76. The van der Waals surface area contributed by atoms with Gasteiger partial charge in [0.15, 0.2) is 5.76 Å². The largest absolute Gasteiger partial charge is 0.489 e. The Morgan fingerprint density at radius 1 is 1.11 bits per heavy atom. The van der Waals surface area contributed by atoms with Gasteiger partial charge in [-0.2, -0.15) is 0 Å². The summed E-state index contributed by atoms with van der Waals surface area (Å²) in [5.41, 5.74) is 1.69. The van der Waals surface area contributed by atoms with Crippen molar-refractivity contribution in [1.82, 2.24) is 10.2 Å². The van der Waals surface area contributed by atoms with E-state index in [1.165, 1.54) is 6.26 Å². The molecule has 1 aromatic carbocycles. The molecule has 27 heavy (non-hydrogen) atoms. The summed E-state index contributed by atoms with van der Waals surface area (Å²) in [5, 5.41) is 3.11. The zero-order chi connectivity index (χ0) is 19.0. The predicted octanol–water partition coefficient (Wildman–Crippen LogP) is 3.20. The number of nitrogens with one attached hydrogen (secondary N) is 1. The van der Waals surface area contributed by atoms with Gasteiger partial charge in [0.2, 0.25) is 0 Å². The average molecular weight is 368 g/mol. The second-order valence-electron chi connectivity index (χ2n) is 7.35. The van der Waals surface area contributed by atoms with Crippen LogP contribution in [-0.4, -0.2) is 41.9 Å². The molecule has 0 saturated carbocycles. The van der Waals surface area contributed by atoms with Crippen LogP contribution in [0.1, 0.15) is 59.1 Å². The average Bonchev–Trinajstić information content (AvgIpc) is 3.31. The molecule has 4 rings (SSSR count). The number of amides is 2. The number of nitrogens with zero attached hydrogens (tertiary/aromatic N) is 1. The number of para-hydroxylation sites is 1. The van der Waals surface area contributed by atoms with Gasteiger partial charge >= 0.3 is 0 Å². The highest BCUT2D eigenvalue weighted by Crippen LogP contribution is 2.40. The lowest BCUT2D eigenvalue weighted by atomic mass is 9.96. The Morgan fingerprint density at radius 2 is 1.89 bits per heavy atom. The summed E-state index contributed by atoms with van der Waals surface area (Å²) in [6.07, 6.45) is 3.02. The van der Waals surface area contributed by atoms with Crippen molar-refractivity contribution in [3.05, 3.63) is 53.5 Å². The first-order valence-electron chi connectivity index (χ1n) is 9.48. The Kier molecular flexibility index (Phi) is 4.64. The number of carbonyl (C=O) groups excluding carboxylic acids is 2. The molecule has 0 bridgehead atoms. The predicted molar refractivity (Wildman–Crippen MR) is 100 cm³/mol. The Bertz CT molecular complexity index is 838. The molecule has 0 spiro atoms. The molecule has 1 N–H and O–H groups in total. The third kappa shape index (κ3) is 3.31. The Morgan fingerprint density at radius 3 is 2.59 bits per heavy atom. The van der Waals surface area contributed by atoms with Crippen molar-refractivity contribution in [3.63, 3.8) is 0 Å². The van der Waals surface area contributed by atoms with Crippen LogP contribution in [0.4, 0.5) is 0 Å². The van der Waals surface area contributed by atoms with E-state index in [9.17, 15) is 9.59 Å². The van der Waals surface area contributed by atoms with Crippen LogP contribution in [-0.2, 0) is 0 Å². The van der Waals surface area contributed by atoms with Gasteiger partial charge in [0.1, 0.15) is 11.9 Å². The van der Waals surface area contributed by atoms with Gasteiger partial charge in [0.25, 0.3) is 11.8 Å². The second kappa shape index (κ2) is 7.10. The van der Waals surface area contributed by atoms with Crippen molar-refractivity contribution < 1.29 is 18.7 Å². The van der Waals surface area contributed by atoms with Crippen LogP contribution in [0.3, 0.4) is 0 Å². The SMILES string of the molecule is C[C@@H]1c2cccc(C(=O)NC3CCN(C(=O)c4ccco4)CC3)c2O[C@@H]1C. The smallest absolute Gasteiger partial charge is 0.289 e. The van der Waals surface area contributed by atoms with Gasteiger partial charge in [-0.3, -0.25) is 9.59 Å². The molecule has 2 aromatic rings. The number of hydrogen-bond acceptors (Lipinski definition) is 4. The number of likely N-dealkylation sites (tertiary alicyclic amines) is 1. The quantitative estimate of drug-likeness (QED) is 0.903. The molecule has 1 saturated heterocycles. The lowest BCUT2D eigenvalue weighted by molar-refractivity contribution is 0.0667. The van der Waals surface area contributed by atoms with Crippen LogP contribution in [0, 0.1) is 0 Å². The number of carbonyl (C=O) groups is 2.